The maximum absolute atomic E-state index is 12.7. The lowest BCUT2D eigenvalue weighted by molar-refractivity contribution is 0.0951. The summed E-state index contributed by atoms with van der Waals surface area (Å²) in [6, 6.07) is 13.6. The minimum absolute atomic E-state index is 0.195. The Morgan fingerprint density at radius 2 is 1.58 bits per heavy atom. The third-order valence-electron chi connectivity index (χ3n) is 2.99. The number of carbonyl (C=O) groups is 1. The van der Waals surface area contributed by atoms with Crippen molar-refractivity contribution < 1.29 is 9.18 Å². The highest BCUT2D eigenvalue weighted by molar-refractivity contribution is 5.94. The van der Waals surface area contributed by atoms with Crippen molar-refractivity contribution in [2.24, 2.45) is 0 Å². The van der Waals surface area contributed by atoms with Crippen LogP contribution < -0.4 is 5.32 Å². The molecule has 0 heterocycles. The lowest BCUT2D eigenvalue weighted by atomic mass is 10.1. The number of hydrogen-bond donors (Lipinski definition) is 1. The summed E-state index contributed by atoms with van der Waals surface area (Å²) >= 11 is 0. The number of halogens is 1. The molecule has 2 aromatic rings. The van der Waals surface area contributed by atoms with Crippen molar-refractivity contribution in [1.82, 2.24) is 5.32 Å². The number of amides is 1. The molecule has 2 aromatic carbocycles. The molecule has 0 spiro atoms. The van der Waals surface area contributed by atoms with Crippen LogP contribution in [0.1, 0.15) is 28.4 Å². The van der Waals surface area contributed by atoms with Crippen LogP contribution in [0.3, 0.4) is 0 Å². The summed E-state index contributed by atoms with van der Waals surface area (Å²) in [6.45, 7) is 2.57. The lowest BCUT2D eigenvalue weighted by Gasteiger charge is -2.06. The molecule has 0 fully saturated rings. The van der Waals surface area contributed by atoms with Gasteiger partial charge in [0.2, 0.25) is 0 Å². The molecule has 3 heteroatoms. The van der Waals surface area contributed by atoms with E-state index in [1.54, 1.807) is 0 Å². The minimum Gasteiger partial charge on any atom is -0.348 e. The highest BCUT2D eigenvalue weighted by Gasteiger charge is 2.04. The Kier molecular flexibility index (Phi) is 4.29. The molecule has 0 atom stereocenters. The van der Waals surface area contributed by atoms with Gasteiger partial charge in [0.05, 0.1) is 0 Å². The molecule has 0 radical (unpaired) electrons. The molecule has 0 saturated carbocycles. The van der Waals surface area contributed by atoms with Gasteiger partial charge in [-0.2, -0.15) is 0 Å². The second kappa shape index (κ2) is 6.14. The molecular weight excluding hydrogens is 241 g/mol. The summed E-state index contributed by atoms with van der Waals surface area (Å²) in [4.78, 5) is 11.8. The zero-order chi connectivity index (χ0) is 13.7. The van der Waals surface area contributed by atoms with Crippen LogP contribution in [-0.4, -0.2) is 5.91 Å². The maximum atomic E-state index is 12.7. The fourth-order valence-corrected chi connectivity index (χ4v) is 1.78. The van der Waals surface area contributed by atoms with Crippen LogP contribution in [0.15, 0.2) is 48.5 Å². The highest BCUT2D eigenvalue weighted by atomic mass is 19.1. The van der Waals surface area contributed by atoms with E-state index < -0.39 is 0 Å². The smallest absolute Gasteiger partial charge is 0.251 e. The van der Waals surface area contributed by atoms with Crippen molar-refractivity contribution >= 4 is 5.91 Å². The van der Waals surface area contributed by atoms with Gasteiger partial charge in [-0.3, -0.25) is 4.79 Å². The Bertz CT molecular complexity index is 546. The molecule has 0 aromatic heterocycles. The van der Waals surface area contributed by atoms with E-state index in [1.807, 2.05) is 12.1 Å². The molecule has 0 aliphatic heterocycles. The zero-order valence-corrected chi connectivity index (χ0v) is 10.8. The van der Waals surface area contributed by atoms with Gasteiger partial charge in [-0.1, -0.05) is 31.2 Å². The van der Waals surface area contributed by atoms with E-state index in [1.165, 1.54) is 29.8 Å². The SMILES string of the molecule is CCc1ccc(CNC(=O)c2ccc(F)cc2)cc1. The Hall–Kier alpha value is -2.16. The predicted octanol–water partition coefficient (Wildman–Crippen LogP) is 3.32. The molecule has 2 rings (SSSR count). The first-order valence-corrected chi connectivity index (χ1v) is 6.30. The summed E-state index contributed by atoms with van der Waals surface area (Å²) in [6.07, 6.45) is 1.00. The van der Waals surface area contributed by atoms with Gasteiger partial charge in [-0.25, -0.2) is 4.39 Å². The van der Waals surface area contributed by atoms with E-state index in [-0.39, 0.29) is 11.7 Å². The van der Waals surface area contributed by atoms with E-state index in [0.717, 1.165) is 12.0 Å². The van der Waals surface area contributed by atoms with Gasteiger partial charge in [-0.15, -0.1) is 0 Å². The maximum Gasteiger partial charge on any atom is 0.251 e. The molecule has 1 N–H and O–H groups in total. The summed E-state index contributed by atoms with van der Waals surface area (Å²) < 4.78 is 12.7. The Morgan fingerprint density at radius 1 is 1.00 bits per heavy atom. The van der Waals surface area contributed by atoms with Gasteiger partial charge >= 0.3 is 0 Å². The van der Waals surface area contributed by atoms with Crippen LogP contribution in [0.4, 0.5) is 4.39 Å². The third kappa shape index (κ3) is 3.65. The van der Waals surface area contributed by atoms with Crippen molar-refractivity contribution in [3.05, 3.63) is 71.0 Å². The van der Waals surface area contributed by atoms with Gasteiger partial charge in [0.1, 0.15) is 5.82 Å². The quantitative estimate of drug-likeness (QED) is 0.894. The molecule has 19 heavy (non-hydrogen) atoms. The lowest BCUT2D eigenvalue weighted by Crippen LogP contribution is -2.22. The van der Waals surface area contributed by atoms with Crippen LogP contribution in [0.5, 0.6) is 0 Å². The Morgan fingerprint density at radius 3 is 2.16 bits per heavy atom. The number of carbonyl (C=O) groups excluding carboxylic acids is 1. The van der Waals surface area contributed by atoms with Crippen LogP contribution in [0, 0.1) is 5.82 Å². The standard InChI is InChI=1S/C16H16FNO/c1-2-12-3-5-13(6-4-12)11-18-16(19)14-7-9-15(17)10-8-14/h3-10H,2,11H2,1H3,(H,18,19). The van der Waals surface area contributed by atoms with Gasteiger partial charge < -0.3 is 5.32 Å². The van der Waals surface area contributed by atoms with Gasteiger partial charge in [0, 0.05) is 12.1 Å². The molecule has 98 valence electrons. The van der Waals surface area contributed by atoms with E-state index in [9.17, 15) is 9.18 Å². The molecule has 2 nitrogen and oxygen atoms in total. The van der Waals surface area contributed by atoms with Gasteiger partial charge in [0.25, 0.3) is 5.91 Å². The summed E-state index contributed by atoms with van der Waals surface area (Å²) in [5.41, 5.74) is 2.79. The molecule has 1 amide bonds. The van der Waals surface area contributed by atoms with Crippen molar-refractivity contribution in [3.63, 3.8) is 0 Å². The molecule has 0 saturated heterocycles. The first kappa shape index (κ1) is 13.3. The van der Waals surface area contributed by atoms with E-state index in [2.05, 4.69) is 24.4 Å². The van der Waals surface area contributed by atoms with Crippen molar-refractivity contribution in [2.75, 3.05) is 0 Å². The predicted molar refractivity (Wildman–Crippen MR) is 73.4 cm³/mol. The second-order valence-corrected chi connectivity index (χ2v) is 4.36. The monoisotopic (exact) mass is 257 g/mol. The zero-order valence-electron chi connectivity index (χ0n) is 10.8. The average molecular weight is 257 g/mol. The summed E-state index contributed by atoms with van der Waals surface area (Å²) in [7, 11) is 0. The van der Waals surface area contributed by atoms with E-state index >= 15 is 0 Å². The third-order valence-corrected chi connectivity index (χ3v) is 2.99. The second-order valence-electron chi connectivity index (χ2n) is 4.36. The first-order valence-electron chi connectivity index (χ1n) is 6.30. The van der Waals surface area contributed by atoms with Crippen molar-refractivity contribution in [1.29, 1.82) is 0 Å². The fourth-order valence-electron chi connectivity index (χ4n) is 1.78. The summed E-state index contributed by atoms with van der Waals surface area (Å²) in [5, 5.41) is 2.81. The number of rotatable bonds is 4. The molecule has 0 aliphatic carbocycles. The normalized spacial score (nSPS) is 10.2. The Labute approximate surface area is 112 Å². The minimum atomic E-state index is -0.341. The van der Waals surface area contributed by atoms with Crippen molar-refractivity contribution in [3.8, 4) is 0 Å². The topological polar surface area (TPSA) is 29.1 Å². The summed E-state index contributed by atoms with van der Waals surface area (Å²) in [5.74, 6) is -0.536. The molecule has 0 bridgehead atoms. The van der Waals surface area contributed by atoms with Gasteiger partial charge in [0.15, 0.2) is 0 Å². The number of hydrogen-bond acceptors (Lipinski definition) is 1. The molecule has 0 aliphatic rings. The van der Waals surface area contributed by atoms with E-state index in [0.29, 0.717) is 12.1 Å². The Balaban J connectivity index is 1.94. The van der Waals surface area contributed by atoms with Crippen LogP contribution in [-0.2, 0) is 13.0 Å². The molecular formula is C16H16FNO. The van der Waals surface area contributed by atoms with Crippen LogP contribution in [0.25, 0.3) is 0 Å². The average Bonchev–Trinajstić information content (AvgIpc) is 2.46. The van der Waals surface area contributed by atoms with Crippen LogP contribution >= 0.6 is 0 Å². The highest BCUT2D eigenvalue weighted by Crippen LogP contribution is 2.06. The first-order chi connectivity index (χ1) is 9.19. The number of nitrogens with one attached hydrogen (secondary N) is 1. The number of benzene rings is 2. The molecule has 0 unspecified atom stereocenters. The fraction of sp³-hybridized carbons (Fsp3) is 0.188. The van der Waals surface area contributed by atoms with Crippen molar-refractivity contribution in [2.45, 2.75) is 19.9 Å². The van der Waals surface area contributed by atoms with E-state index in [4.69, 9.17) is 0 Å². The largest absolute Gasteiger partial charge is 0.348 e. The van der Waals surface area contributed by atoms with Gasteiger partial charge in [-0.05, 0) is 41.8 Å². The number of aryl methyl sites for hydroxylation is 1. The van der Waals surface area contributed by atoms with Crippen LogP contribution in [0.2, 0.25) is 0 Å².